The van der Waals surface area contributed by atoms with Crippen LogP contribution < -0.4 is 5.32 Å². The van der Waals surface area contributed by atoms with E-state index >= 15 is 0 Å². The molecule has 0 heterocycles. The van der Waals surface area contributed by atoms with Crippen molar-refractivity contribution in [2.24, 2.45) is 5.92 Å². The first-order chi connectivity index (χ1) is 11.7. The molecule has 1 aliphatic rings. The lowest BCUT2D eigenvalue weighted by Crippen LogP contribution is -2.27. The van der Waals surface area contributed by atoms with Gasteiger partial charge in [-0.3, -0.25) is 4.79 Å². The van der Waals surface area contributed by atoms with Crippen LogP contribution >= 0.6 is 0 Å². The number of amides is 1. The Kier molecular flexibility index (Phi) is 5.63. The van der Waals surface area contributed by atoms with Crippen molar-refractivity contribution in [1.29, 1.82) is 0 Å². The van der Waals surface area contributed by atoms with E-state index in [-0.39, 0.29) is 11.7 Å². The Morgan fingerprint density at radius 3 is 2.50 bits per heavy atom. The molecule has 0 bridgehead atoms. The summed E-state index contributed by atoms with van der Waals surface area (Å²) in [5.41, 5.74) is 2.79. The van der Waals surface area contributed by atoms with E-state index in [1.165, 1.54) is 37.8 Å². The minimum absolute atomic E-state index is 0.0755. The average molecular weight is 325 g/mol. The molecule has 0 atom stereocenters. The van der Waals surface area contributed by atoms with Crippen LogP contribution in [0.1, 0.15) is 37.7 Å². The molecule has 2 aromatic rings. The third-order valence-corrected chi connectivity index (χ3v) is 4.83. The fraction of sp³-hybridized carbons (Fsp3) is 0.381. The van der Waals surface area contributed by atoms with E-state index in [1.807, 2.05) is 30.3 Å². The zero-order valence-corrected chi connectivity index (χ0v) is 13.9. The second-order valence-electron chi connectivity index (χ2n) is 6.67. The Morgan fingerprint density at radius 1 is 1.04 bits per heavy atom. The molecule has 0 unspecified atom stereocenters. The van der Waals surface area contributed by atoms with Gasteiger partial charge in [-0.1, -0.05) is 62.1 Å². The van der Waals surface area contributed by atoms with E-state index in [2.05, 4.69) is 5.32 Å². The minimum Gasteiger partial charge on any atom is -0.356 e. The van der Waals surface area contributed by atoms with Gasteiger partial charge < -0.3 is 5.32 Å². The standard InChI is InChI=1S/C21H24FNO/c22-20-7-3-6-19(15-20)18-10-8-17(9-11-18)14-21(24)23-13-12-16-4-1-2-5-16/h3,6-11,15-16H,1-2,4-5,12-14H2,(H,23,24). The highest BCUT2D eigenvalue weighted by Crippen LogP contribution is 2.27. The summed E-state index contributed by atoms with van der Waals surface area (Å²) < 4.78 is 13.3. The van der Waals surface area contributed by atoms with Crippen LogP contribution in [0.2, 0.25) is 0 Å². The first-order valence-corrected chi connectivity index (χ1v) is 8.82. The van der Waals surface area contributed by atoms with Gasteiger partial charge in [-0.25, -0.2) is 4.39 Å². The zero-order valence-electron chi connectivity index (χ0n) is 13.9. The molecule has 2 aromatic carbocycles. The van der Waals surface area contributed by atoms with Crippen LogP contribution in [0.15, 0.2) is 48.5 Å². The van der Waals surface area contributed by atoms with E-state index < -0.39 is 0 Å². The van der Waals surface area contributed by atoms with E-state index in [9.17, 15) is 9.18 Å². The molecule has 126 valence electrons. The number of hydrogen-bond donors (Lipinski definition) is 1. The van der Waals surface area contributed by atoms with Gasteiger partial charge in [0.05, 0.1) is 6.42 Å². The summed E-state index contributed by atoms with van der Waals surface area (Å²) in [6.07, 6.45) is 6.82. The number of benzene rings is 2. The van der Waals surface area contributed by atoms with E-state index in [4.69, 9.17) is 0 Å². The van der Waals surface area contributed by atoms with Gasteiger partial charge in [0.1, 0.15) is 5.82 Å². The summed E-state index contributed by atoms with van der Waals surface area (Å²) in [5.74, 6) is 0.639. The maximum Gasteiger partial charge on any atom is 0.224 e. The maximum atomic E-state index is 13.3. The second kappa shape index (κ2) is 8.09. The van der Waals surface area contributed by atoms with Crippen molar-refractivity contribution in [3.63, 3.8) is 0 Å². The first kappa shape index (κ1) is 16.7. The molecule has 0 aliphatic heterocycles. The van der Waals surface area contributed by atoms with Crippen LogP contribution in [0.3, 0.4) is 0 Å². The van der Waals surface area contributed by atoms with Gasteiger partial charge in [0.15, 0.2) is 0 Å². The van der Waals surface area contributed by atoms with Crippen molar-refractivity contribution in [2.45, 2.75) is 38.5 Å². The zero-order chi connectivity index (χ0) is 16.8. The van der Waals surface area contributed by atoms with Crippen LogP contribution in [-0.4, -0.2) is 12.5 Å². The van der Waals surface area contributed by atoms with Gasteiger partial charge >= 0.3 is 0 Å². The Balaban J connectivity index is 1.49. The molecule has 0 radical (unpaired) electrons. The van der Waals surface area contributed by atoms with E-state index in [0.717, 1.165) is 35.6 Å². The van der Waals surface area contributed by atoms with Crippen molar-refractivity contribution in [3.05, 3.63) is 59.9 Å². The smallest absolute Gasteiger partial charge is 0.224 e. The third-order valence-electron chi connectivity index (χ3n) is 4.83. The topological polar surface area (TPSA) is 29.1 Å². The summed E-state index contributed by atoms with van der Waals surface area (Å²) in [7, 11) is 0. The number of nitrogens with one attached hydrogen (secondary N) is 1. The van der Waals surface area contributed by atoms with E-state index in [0.29, 0.717) is 6.42 Å². The molecule has 1 amide bonds. The second-order valence-corrected chi connectivity index (χ2v) is 6.67. The van der Waals surface area contributed by atoms with Crippen molar-refractivity contribution in [1.82, 2.24) is 5.32 Å². The number of carbonyl (C=O) groups excluding carboxylic acids is 1. The van der Waals surface area contributed by atoms with Gasteiger partial charge in [-0.15, -0.1) is 0 Å². The minimum atomic E-state index is -0.238. The normalized spacial score (nSPS) is 14.7. The molecule has 0 saturated heterocycles. The molecule has 24 heavy (non-hydrogen) atoms. The predicted octanol–water partition coefficient (Wildman–Crippen LogP) is 4.73. The number of hydrogen-bond acceptors (Lipinski definition) is 1. The summed E-state index contributed by atoms with van der Waals surface area (Å²) in [6, 6.07) is 14.3. The van der Waals surface area contributed by atoms with Crippen molar-refractivity contribution < 1.29 is 9.18 Å². The molecule has 0 aromatic heterocycles. The quantitative estimate of drug-likeness (QED) is 0.817. The SMILES string of the molecule is O=C(Cc1ccc(-c2cccc(F)c2)cc1)NCCC1CCCC1. The highest BCUT2D eigenvalue weighted by atomic mass is 19.1. The van der Waals surface area contributed by atoms with Crippen molar-refractivity contribution >= 4 is 5.91 Å². The Bertz CT molecular complexity index is 674. The van der Waals surface area contributed by atoms with Crippen LogP contribution in [-0.2, 0) is 11.2 Å². The lowest BCUT2D eigenvalue weighted by Gasteiger charge is -2.10. The fourth-order valence-corrected chi connectivity index (χ4v) is 3.45. The number of carbonyl (C=O) groups is 1. The van der Waals surface area contributed by atoms with Gasteiger partial charge in [0, 0.05) is 6.54 Å². The molecular formula is C21H24FNO. The van der Waals surface area contributed by atoms with Gasteiger partial charge in [0.2, 0.25) is 5.91 Å². The van der Waals surface area contributed by atoms with Crippen molar-refractivity contribution in [3.8, 4) is 11.1 Å². The van der Waals surface area contributed by atoms with Crippen LogP contribution in [0.25, 0.3) is 11.1 Å². The van der Waals surface area contributed by atoms with E-state index in [1.54, 1.807) is 6.07 Å². The largest absolute Gasteiger partial charge is 0.356 e. The fourth-order valence-electron chi connectivity index (χ4n) is 3.45. The third kappa shape index (κ3) is 4.67. The molecule has 0 spiro atoms. The highest BCUT2D eigenvalue weighted by Gasteiger charge is 2.14. The number of halogens is 1. The predicted molar refractivity (Wildman–Crippen MR) is 95.1 cm³/mol. The summed E-state index contributed by atoms with van der Waals surface area (Å²) in [4.78, 5) is 12.0. The van der Waals surface area contributed by atoms with Gasteiger partial charge in [-0.2, -0.15) is 0 Å². The molecule has 3 heteroatoms. The molecule has 1 saturated carbocycles. The monoisotopic (exact) mass is 325 g/mol. The molecule has 1 aliphatic carbocycles. The van der Waals surface area contributed by atoms with Crippen LogP contribution in [0.4, 0.5) is 4.39 Å². The Hall–Kier alpha value is -2.16. The van der Waals surface area contributed by atoms with Crippen LogP contribution in [0.5, 0.6) is 0 Å². The Labute approximate surface area is 143 Å². The van der Waals surface area contributed by atoms with Crippen molar-refractivity contribution in [2.75, 3.05) is 6.54 Å². The summed E-state index contributed by atoms with van der Waals surface area (Å²) >= 11 is 0. The van der Waals surface area contributed by atoms with Crippen LogP contribution in [0, 0.1) is 11.7 Å². The maximum absolute atomic E-state index is 13.3. The summed E-state index contributed by atoms with van der Waals surface area (Å²) in [5, 5.41) is 3.02. The molecule has 1 fully saturated rings. The highest BCUT2D eigenvalue weighted by molar-refractivity contribution is 5.78. The van der Waals surface area contributed by atoms with Gasteiger partial charge in [0.25, 0.3) is 0 Å². The van der Waals surface area contributed by atoms with Gasteiger partial charge in [-0.05, 0) is 41.2 Å². The average Bonchev–Trinajstić information content (AvgIpc) is 3.09. The molecular weight excluding hydrogens is 301 g/mol. The number of rotatable bonds is 6. The first-order valence-electron chi connectivity index (χ1n) is 8.82. The lowest BCUT2D eigenvalue weighted by atomic mass is 10.0. The lowest BCUT2D eigenvalue weighted by molar-refractivity contribution is -0.120. The molecule has 2 nitrogen and oxygen atoms in total. The molecule has 1 N–H and O–H groups in total. The summed E-state index contributed by atoms with van der Waals surface area (Å²) in [6.45, 7) is 0.783. The molecule has 3 rings (SSSR count). The Morgan fingerprint density at radius 2 is 1.79 bits per heavy atom.